The van der Waals surface area contributed by atoms with E-state index in [1.807, 2.05) is 11.4 Å². The zero-order chi connectivity index (χ0) is 12.1. The van der Waals surface area contributed by atoms with Gasteiger partial charge in [0, 0.05) is 18.9 Å². The molecule has 6 heteroatoms. The first-order valence-electron chi connectivity index (χ1n) is 5.06. The van der Waals surface area contributed by atoms with Crippen LogP contribution >= 0.6 is 11.3 Å². The van der Waals surface area contributed by atoms with Gasteiger partial charge in [0.2, 0.25) is 0 Å². The van der Waals surface area contributed by atoms with Crippen LogP contribution in [-0.4, -0.2) is 27.6 Å². The van der Waals surface area contributed by atoms with E-state index >= 15 is 0 Å². The van der Waals surface area contributed by atoms with E-state index in [0.29, 0.717) is 12.4 Å². The van der Waals surface area contributed by atoms with Crippen molar-refractivity contribution in [3.05, 3.63) is 40.5 Å². The molecule has 0 aromatic carbocycles. The number of carboxylic acids is 1. The number of aromatic carboxylic acids is 1. The summed E-state index contributed by atoms with van der Waals surface area (Å²) in [5.41, 5.74) is 1.18. The van der Waals surface area contributed by atoms with Crippen LogP contribution in [0.3, 0.4) is 0 Å². The molecule has 0 bridgehead atoms. The van der Waals surface area contributed by atoms with Gasteiger partial charge in [-0.25, -0.2) is 14.8 Å². The van der Waals surface area contributed by atoms with Crippen molar-refractivity contribution in [1.82, 2.24) is 9.97 Å². The van der Waals surface area contributed by atoms with Gasteiger partial charge in [-0.05, 0) is 28.8 Å². The molecule has 2 N–H and O–H groups in total. The number of nitrogens with one attached hydrogen (secondary N) is 1. The summed E-state index contributed by atoms with van der Waals surface area (Å²) < 4.78 is 0. The number of thiophene rings is 1. The molecular weight excluding hydrogens is 238 g/mol. The quantitative estimate of drug-likeness (QED) is 0.846. The molecule has 5 nitrogen and oxygen atoms in total. The number of carboxylic acid groups (broad SMARTS) is 1. The summed E-state index contributed by atoms with van der Waals surface area (Å²) in [5, 5.41) is 16.0. The van der Waals surface area contributed by atoms with Crippen LogP contribution in [0.15, 0.2) is 29.2 Å². The Kier molecular flexibility index (Phi) is 3.66. The summed E-state index contributed by atoms with van der Waals surface area (Å²) in [6.07, 6.45) is 3.67. The van der Waals surface area contributed by atoms with Crippen LogP contribution in [0.5, 0.6) is 0 Å². The van der Waals surface area contributed by atoms with Crippen molar-refractivity contribution in [3.8, 4) is 0 Å². The molecule has 2 rings (SSSR count). The Bertz CT molecular complexity index is 499. The van der Waals surface area contributed by atoms with Gasteiger partial charge in [-0.2, -0.15) is 11.3 Å². The van der Waals surface area contributed by atoms with E-state index in [1.165, 1.54) is 18.0 Å². The molecule has 2 heterocycles. The Labute approximate surface area is 102 Å². The minimum atomic E-state index is -1.07. The number of aromatic nitrogens is 2. The van der Waals surface area contributed by atoms with Crippen molar-refractivity contribution < 1.29 is 9.90 Å². The smallest absolute Gasteiger partial charge is 0.358 e. The van der Waals surface area contributed by atoms with Gasteiger partial charge >= 0.3 is 5.97 Å². The fourth-order valence-corrected chi connectivity index (χ4v) is 2.09. The van der Waals surface area contributed by atoms with Gasteiger partial charge in [-0.1, -0.05) is 0 Å². The van der Waals surface area contributed by atoms with Crippen LogP contribution in [0.25, 0.3) is 0 Å². The van der Waals surface area contributed by atoms with E-state index in [-0.39, 0.29) is 5.69 Å². The fraction of sp³-hybridized carbons (Fsp3) is 0.182. The second-order valence-electron chi connectivity index (χ2n) is 3.37. The molecule has 2 aromatic heterocycles. The lowest BCUT2D eigenvalue weighted by molar-refractivity contribution is 0.0691. The first kappa shape index (κ1) is 11.5. The molecular formula is C11H11N3O2S. The fourth-order valence-electron chi connectivity index (χ4n) is 1.38. The SMILES string of the molecule is O=C(O)c1nccnc1NCCc1ccsc1. The summed E-state index contributed by atoms with van der Waals surface area (Å²) in [6.45, 7) is 0.635. The average molecular weight is 249 g/mol. The second kappa shape index (κ2) is 5.40. The van der Waals surface area contributed by atoms with E-state index in [1.54, 1.807) is 11.3 Å². The van der Waals surface area contributed by atoms with E-state index in [2.05, 4.69) is 20.7 Å². The van der Waals surface area contributed by atoms with Crippen molar-refractivity contribution in [1.29, 1.82) is 0 Å². The van der Waals surface area contributed by atoms with Gasteiger partial charge in [0.05, 0.1) is 0 Å². The second-order valence-corrected chi connectivity index (χ2v) is 4.15. The minimum Gasteiger partial charge on any atom is -0.476 e. The molecule has 0 amide bonds. The molecule has 0 aliphatic carbocycles. The maximum atomic E-state index is 10.9. The van der Waals surface area contributed by atoms with Crippen LogP contribution in [0.2, 0.25) is 0 Å². The van der Waals surface area contributed by atoms with Crippen LogP contribution < -0.4 is 5.32 Å². The monoisotopic (exact) mass is 249 g/mol. The highest BCUT2D eigenvalue weighted by atomic mass is 32.1. The minimum absolute atomic E-state index is 0.0437. The van der Waals surface area contributed by atoms with Gasteiger partial charge in [0.1, 0.15) is 0 Å². The highest BCUT2D eigenvalue weighted by molar-refractivity contribution is 7.07. The van der Waals surface area contributed by atoms with Crippen LogP contribution in [0.4, 0.5) is 5.82 Å². The van der Waals surface area contributed by atoms with Gasteiger partial charge in [0.15, 0.2) is 11.5 Å². The lowest BCUT2D eigenvalue weighted by Gasteiger charge is -2.06. The maximum absolute atomic E-state index is 10.9. The third-order valence-electron chi connectivity index (χ3n) is 2.19. The number of hydrogen-bond donors (Lipinski definition) is 2. The van der Waals surface area contributed by atoms with E-state index in [9.17, 15) is 4.79 Å². The third-order valence-corrected chi connectivity index (χ3v) is 2.92. The average Bonchev–Trinajstić information content (AvgIpc) is 2.82. The molecule has 2 aromatic rings. The van der Waals surface area contributed by atoms with Crippen molar-refractivity contribution in [2.75, 3.05) is 11.9 Å². The molecule has 0 saturated carbocycles. The molecule has 0 fully saturated rings. The predicted molar refractivity (Wildman–Crippen MR) is 65.5 cm³/mol. The molecule has 0 unspecified atom stereocenters. The molecule has 0 aliphatic rings. The molecule has 0 aliphatic heterocycles. The van der Waals surface area contributed by atoms with Gasteiger partial charge in [0.25, 0.3) is 0 Å². The molecule has 0 spiro atoms. The summed E-state index contributed by atoms with van der Waals surface area (Å²) in [4.78, 5) is 18.6. The molecule has 17 heavy (non-hydrogen) atoms. The Morgan fingerprint density at radius 3 is 2.94 bits per heavy atom. The lowest BCUT2D eigenvalue weighted by Crippen LogP contribution is -2.12. The standard InChI is InChI=1S/C11H11N3O2S/c15-11(16)9-10(14-5-4-12-9)13-3-1-8-2-6-17-7-8/h2,4-7H,1,3H2,(H,13,14)(H,15,16). The normalized spacial score (nSPS) is 10.1. The molecule has 0 atom stereocenters. The zero-order valence-electron chi connectivity index (χ0n) is 8.96. The predicted octanol–water partition coefficient (Wildman–Crippen LogP) is 1.89. The van der Waals surface area contributed by atoms with E-state index in [4.69, 9.17) is 5.11 Å². The Morgan fingerprint density at radius 2 is 2.24 bits per heavy atom. The molecule has 88 valence electrons. The Morgan fingerprint density at radius 1 is 1.41 bits per heavy atom. The highest BCUT2D eigenvalue weighted by Crippen LogP contribution is 2.10. The number of anilines is 1. The summed E-state index contributed by atoms with van der Waals surface area (Å²) in [6, 6.07) is 2.04. The topological polar surface area (TPSA) is 75.1 Å². The van der Waals surface area contributed by atoms with Gasteiger partial charge < -0.3 is 10.4 Å². The Balaban J connectivity index is 1.97. The Hall–Kier alpha value is -1.95. The van der Waals surface area contributed by atoms with Crippen molar-refractivity contribution in [3.63, 3.8) is 0 Å². The van der Waals surface area contributed by atoms with Crippen LogP contribution in [0, 0.1) is 0 Å². The van der Waals surface area contributed by atoms with Gasteiger partial charge in [-0.3, -0.25) is 0 Å². The largest absolute Gasteiger partial charge is 0.476 e. The zero-order valence-corrected chi connectivity index (χ0v) is 9.78. The lowest BCUT2D eigenvalue weighted by atomic mass is 10.2. The van der Waals surface area contributed by atoms with Crippen LogP contribution in [0.1, 0.15) is 16.1 Å². The van der Waals surface area contributed by atoms with Crippen molar-refractivity contribution in [2.45, 2.75) is 6.42 Å². The number of hydrogen-bond acceptors (Lipinski definition) is 5. The summed E-state index contributed by atoms with van der Waals surface area (Å²) in [5.74, 6) is -0.758. The highest BCUT2D eigenvalue weighted by Gasteiger charge is 2.11. The van der Waals surface area contributed by atoms with Crippen LogP contribution in [-0.2, 0) is 6.42 Å². The number of carbonyl (C=O) groups is 1. The van der Waals surface area contributed by atoms with Gasteiger partial charge in [-0.15, -0.1) is 0 Å². The first-order valence-corrected chi connectivity index (χ1v) is 6.01. The first-order chi connectivity index (χ1) is 8.27. The van der Waals surface area contributed by atoms with Crippen molar-refractivity contribution >= 4 is 23.1 Å². The molecule has 0 radical (unpaired) electrons. The molecule has 0 saturated heterocycles. The summed E-state index contributed by atoms with van der Waals surface area (Å²) in [7, 11) is 0. The van der Waals surface area contributed by atoms with Crippen molar-refractivity contribution in [2.24, 2.45) is 0 Å². The van der Waals surface area contributed by atoms with E-state index in [0.717, 1.165) is 6.42 Å². The number of nitrogens with zero attached hydrogens (tertiary/aromatic N) is 2. The van der Waals surface area contributed by atoms with E-state index < -0.39 is 5.97 Å². The summed E-state index contributed by atoms with van der Waals surface area (Å²) >= 11 is 1.64. The maximum Gasteiger partial charge on any atom is 0.358 e. The third kappa shape index (κ3) is 3.01. The number of rotatable bonds is 5.